The smallest absolute Gasteiger partial charge is 0.318 e. The van der Waals surface area contributed by atoms with Crippen LogP contribution in [-0.4, -0.2) is 60.4 Å². The van der Waals surface area contributed by atoms with Crippen LogP contribution in [0.25, 0.3) is 0 Å². The number of nitrogens with zero attached hydrogens (tertiary/aromatic N) is 2. The van der Waals surface area contributed by atoms with Gasteiger partial charge in [-0.1, -0.05) is 0 Å². The number of hydrogen-bond donors (Lipinski definition) is 3. The molecule has 2 rings (SSSR count). The molecule has 108 valence electrons. The highest BCUT2D eigenvalue weighted by molar-refractivity contribution is 5.92. The Balaban J connectivity index is 2.00. The summed E-state index contributed by atoms with van der Waals surface area (Å²) in [7, 11) is 2.05. The molecule has 6 nitrogen and oxygen atoms in total. The van der Waals surface area contributed by atoms with Gasteiger partial charge >= 0.3 is 6.03 Å². The lowest BCUT2D eigenvalue weighted by Gasteiger charge is -2.41. The van der Waals surface area contributed by atoms with Crippen LogP contribution in [0.4, 0.5) is 4.79 Å². The average Bonchev–Trinajstić information content (AvgIpc) is 2.42. The van der Waals surface area contributed by atoms with Crippen LogP contribution in [0.1, 0.15) is 32.1 Å². The van der Waals surface area contributed by atoms with Crippen molar-refractivity contribution in [1.82, 2.24) is 15.1 Å². The first kappa shape index (κ1) is 14.1. The second kappa shape index (κ2) is 5.77. The molecule has 2 heterocycles. The van der Waals surface area contributed by atoms with Crippen molar-refractivity contribution >= 4 is 11.9 Å². The SMILES string of the molecule is CN1CCC(NC(=O)N2CCCCC2)(C(=N)N)CC1. The second-order valence-electron chi connectivity index (χ2n) is 5.78. The van der Waals surface area contributed by atoms with Crippen LogP contribution in [0.5, 0.6) is 0 Å². The Morgan fingerprint density at radius 1 is 1.16 bits per heavy atom. The molecule has 0 spiro atoms. The third kappa shape index (κ3) is 3.18. The summed E-state index contributed by atoms with van der Waals surface area (Å²) in [5.74, 6) is 0.0889. The van der Waals surface area contributed by atoms with E-state index in [1.165, 1.54) is 6.42 Å². The lowest BCUT2D eigenvalue weighted by atomic mass is 9.86. The zero-order chi connectivity index (χ0) is 13.9. The molecule has 0 aromatic rings. The minimum Gasteiger partial charge on any atom is -0.386 e. The summed E-state index contributed by atoms with van der Waals surface area (Å²) in [6, 6.07) is -0.0561. The zero-order valence-electron chi connectivity index (χ0n) is 11.7. The van der Waals surface area contributed by atoms with Crippen molar-refractivity contribution in [3.8, 4) is 0 Å². The molecular weight excluding hydrogens is 242 g/mol. The first-order valence-corrected chi connectivity index (χ1v) is 7.14. The van der Waals surface area contributed by atoms with Crippen molar-refractivity contribution < 1.29 is 4.79 Å². The van der Waals surface area contributed by atoms with Gasteiger partial charge in [0.05, 0.1) is 0 Å². The number of likely N-dealkylation sites (tertiary alicyclic amines) is 2. The van der Waals surface area contributed by atoms with Crippen molar-refractivity contribution in [3.63, 3.8) is 0 Å². The molecule has 4 N–H and O–H groups in total. The predicted molar refractivity (Wildman–Crippen MR) is 75.3 cm³/mol. The summed E-state index contributed by atoms with van der Waals surface area (Å²) < 4.78 is 0. The molecule has 0 unspecified atom stereocenters. The summed E-state index contributed by atoms with van der Waals surface area (Å²) in [4.78, 5) is 16.4. The number of amides is 2. The largest absolute Gasteiger partial charge is 0.386 e. The highest BCUT2D eigenvalue weighted by Gasteiger charge is 2.39. The molecule has 2 aliphatic rings. The fourth-order valence-electron chi connectivity index (χ4n) is 2.84. The molecule has 0 aromatic heterocycles. The molecule has 2 saturated heterocycles. The summed E-state index contributed by atoms with van der Waals surface area (Å²) in [6.07, 6.45) is 4.79. The highest BCUT2D eigenvalue weighted by Crippen LogP contribution is 2.22. The molecule has 0 aliphatic carbocycles. The molecule has 0 aromatic carbocycles. The quantitative estimate of drug-likeness (QED) is 0.505. The summed E-state index contributed by atoms with van der Waals surface area (Å²) in [6.45, 7) is 3.36. The molecule has 2 aliphatic heterocycles. The Morgan fingerprint density at radius 3 is 2.26 bits per heavy atom. The van der Waals surface area contributed by atoms with Gasteiger partial charge in [0.25, 0.3) is 0 Å². The first-order valence-electron chi connectivity index (χ1n) is 7.14. The second-order valence-corrected chi connectivity index (χ2v) is 5.78. The maximum Gasteiger partial charge on any atom is 0.318 e. The van der Waals surface area contributed by atoms with Crippen LogP contribution >= 0.6 is 0 Å². The standard InChI is InChI=1S/C13H25N5O/c1-17-9-5-13(6-10-17,11(14)15)16-12(19)18-7-3-2-4-8-18/h2-10H2,1H3,(H3,14,15)(H,16,19). The molecule has 19 heavy (non-hydrogen) atoms. The van der Waals surface area contributed by atoms with E-state index in [1.807, 2.05) is 4.90 Å². The number of piperidine rings is 2. The van der Waals surface area contributed by atoms with Gasteiger partial charge in [-0.05, 0) is 39.2 Å². The van der Waals surface area contributed by atoms with Gasteiger partial charge in [-0.15, -0.1) is 0 Å². The Bertz CT molecular complexity index is 343. The fraction of sp³-hybridized carbons (Fsp3) is 0.846. The van der Waals surface area contributed by atoms with Crippen molar-refractivity contribution in [1.29, 1.82) is 5.41 Å². The van der Waals surface area contributed by atoms with Gasteiger partial charge in [0, 0.05) is 26.2 Å². The number of rotatable bonds is 2. The molecule has 2 amide bonds. The van der Waals surface area contributed by atoms with Gasteiger partial charge in [-0.2, -0.15) is 0 Å². The van der Waals surface area contributed by atoms with E-state index >= 15 is 0 Å². The number of urea groups is 1. The van der Waals surface area contributed by atoms with Crippen molar-refractivity contribution in [2.75, 3.05) is 33.2 Å². The van der Waals surface area contributed by atoms with E-state index in [0.29, 0.717) is 0 Å². The number of amidine groups is 1. The van der Waals surface area contributed by atoms with Crippen LogP contribution in [0.2, 0.25) is 0 Å². The normalized spacial score (nSPS) is 23.9. The van der Waals surface area contributed by atoms with E-state index < -0.39 is 5.54 Å². The maximum atomic E-state index is 12.3. The van der Waals surface area contributed by atoms with Crippen LogP contribution in [0.3, 0.4) is 0 Å². The monoisotopic (exact) mass is 267 g/mol. The van der Waals surface area contributed by atoms with E-state index in [1.54, 1.807) is 0 Å². The highest BCUT2D eigenvalue weighted by atomic mass is 16.2. The molecular formula is C13H25N5O. The topological polar surface area (TPSA) is 85.5 Å². The summed E-state index contributed by atoms with van der Waals surface area (Å²) in [5, 5.41) is 10.9. The third-order valence-corrected chi connectivity index (χ3v) is 4.35. The Labute approximate surface area is 114 Å². The van der Waals surface area contributed by atoms with Gasteiger partial charge in [0.1, 0.15) is 11.4 Å². The maximum absolute atomic E-state index is 12.3. The van der Waals surface area contributed by atoms with E-state index in [2.05, 4.69) is 17.3 Å². The Morgan fingerprint density at radius 2 is 1.74 bits per heavy atom. The summed E-state index contributed by atoms with van der Waals surface area (Å²) >= 11 is 0. The van der Waals surface area contributed by atoms with E-state index in [4.69, 9.17) is 11.1 Å². The Hall–Kier alpha value is -1.30. The molecule has 6 heteroatoms. The molecule has 0 atom stereocenters. The van der Waals surface area contributed by atoms with Crippen molar-refractivity contribution in [2.24, 2.45) is 5.73 Å². The van der Waals surface area contributed by atoms with Gasteiger partial charge in [0.2, 0.25) is 0 Å². The third-order valence-electron chi connectivity index (χ3n) is 4.35. The zero-order valence-corrected chi connectivity index (χ0v) is 11.7. The van der Waals surface area contributed by atoms with Crippen LogP contribution in [-0.2, 0) is 0 Å². The van der Waals surface area contributed by atoms with Crippen molar-refractivity contribution in [2.45, 2.75) is 37.6 Å². The van der Waals surface area contributed by atoms with Gasteiger partial charge in [0.15, 0.2) is 0 Å². The number of nitrogens with two attached hydrogens (primary N) is 1. The van der Waals surface area contributed by atoms with Crippen LogP contribution < -0.4 is 11.1 Å². The van der Waals surface area contributed by atoms with E-state index in [-0.39, 0.29) is 11.9 Å². The van der Waals surface area contributed by atoms with Gasteiger partial charge in [-0.25, -0.2) is 4.79 Å². The molecule has 0 bridgehead atoms. The Kier molecular flexibility index (Phi) is 4.29. The number of carbonyl (C=O) groups is 1. The lowest BCUT2D eigenvalue weighted by molar-refractivity contribution is 0.159. The van der Waals surface area contributed by atoms with E-state index in [9.17, 15) is 4.79 Å². The number of carbonyl (C=O) groups excluding carboxylic acids is 1. The van der Waals surface area contributed by atoms with Gasteiger partial charge in [-0.3, -0.25) is 5.41 Å². The van der Waals surface area contributed by atoms with Gasteiger partial charge < -0.3 is 20.9 Å². The minimum absolute atomic E-state index is 0.0561. The summed E-state index contributed by atoms with van der Waals surface area (Å²) in [5.41, 5.74) is 5.12. The predicted octanol–water partition coefficient (Wildman–Crippen LogP) is 0.582. The lowest BCUT2D eigenvalue weighted by Crippen LogP contribution is -2.64. The average molecular weight is 267 g/mol. The first-order chi connectivity index (χ1) is 9.03. The minimum atomic E-state index is -0.638. The molecule has 0 radical (unpaired) electrons. The number of nitrogens with one attached hydrogen (secondary N) is 2. The fourth-order valence-corrected chi connectivity index (χ4v) is 2.84. The molecule has 0 saturated carbocycles. The van der Waals surface area contributed by atoms with Crippen LogP contribution in [0, 0.1) is 5.41 Å². The molecule has 2 fully saturated rings. The van der Waals surface area contributed by atoms with Crippen LogP contribution in [0.15, 0.2) is 0 Å². The number of hydrogen-bond acceptors (Lipinski definition) is 3. The van der Waals surface area contributed by atoms with Crippen molar-refractivity contribution in [3.05, 3.63) is 0 Å². The van der Waals surface area contributed by atoms with E-state index in [0.717, 1.165) is 51.9 Å².